The number of aliphatic carboxylic acids is 1. The number of halogens is 1. The maximum Gasteiger partial charge on any atom is 0.328 e. The number of carboxylic acid groups (broad SMARTS) is 1. The van der Waals surface area contributed by atoms with Gasteiger partial charge in [-0.3, -0.25) is 0 Å². The summed E-state index contributed by atoms with van der Waals surface area (Å²) in [6.07, 6.45) is 4.49. The number of hydrogen-bond donors (Lipinski definition) is 2. The zero-order valence-electron chi connectivity index (χ0n) is 7.70. The van der Waals surface area contributed by atoms with Crippen LogP contribution in [0.1, 0.15) is 5.56 Å². The van der Waals surface area contributed by atoms with Crippen LogP contribution >= 0.6 is 15.9 Å². The fourth-order valence-electron chi connectivity index (χ4n) is 1.44. The van der Waals surface area contributed by atoms with Gasteiger partial charge in [0.15, 0.2) is 0 Å². The van der Waals surface area contributed by atoms with Gasteiger partial charge in [0, 0.05) is 27.7 Å². The minimum absolute atomic E-state index is 0.869. The summed E-state index contributed by atoms with van der Waals surface area (Å²) in [4.78, 5) is 13.5. The molecule has 3 nitrogen and oxygen atoms in total. The van der Waals surface area contributed by atoms with Crippen LogP contribution in [0.2, 0.25) is 0 Å². The minimum Gasteiger partial charge on any atom is -0.478 e. The van der Waals surface area contributed by atoms with E-state index in [-0.39, 0.29) is 0 Å². The molecule has 1 aromatic carbocycles. The number of benzene rings is 1. The van der Waals surface area contributed by atoms with E-state index in [0.29, 0.717) is 0 Å². The van der Waals surface area contributed by atoms with Crippen LogP contribution in [0.3, 0.4) is 0 Å². The van der Waals surface area contributed by atoms with Crippen molar-refractivity contribution in [2.45, 2.75) is 0 Å². The summed E-state index contributed by atoms with van der Waals surface area (Å²) < 4.78 is 0.968. The molecule has 0 amide bonds. The van der Waals surface area contributed by atoms with Crippen molar-refractivity contribution in [3.63, 3.8) is 0 Å². The maximum atomic E-state index is 10.4. The normalized spacial score (nSPS) is 11.3. The molecule has 2 N–H and O–H groups in total. The number of aromatic nitrogens is 1. The third kappa shape index (κ3) is 1.94. The number of carboxylic acids is 1. The molecule has 0 saturated carbocycles. The van der Waals surface area contributed by atoms with Crippen molar-refractivity contribution in [1.29, 1.82) is 0 Å². The van der Waals surface area contributed by atoms with Crippen LogP contribution in [-0.4, -0.2) is 16.1 Å². The van der Waals surface area contributed by atoms with E-state index in [0.717, 1.165) is 27.0 Å². The van der Waals surface area contributed by atoms with Crippen LogP contribution in [-0.2, 0) is 4.79 Å². The van der Waals surface area contributed by atoms with Crippen molar-refractivity contribution in [2.75, 3.05) is 0 Å². The Bertz CT molecular complexity index is 543. The van der Waals surface area contributed by atoms with Gasteiger partial charge in [0.2, 0.25) is 0 Å². The highest BCUT2D eigenvalue weighted by molar-refractivity contribution is 9.10. The molecule has 0 aliphatic rings. The quantitative estimate of drug-likeness (QED) is 0.821. The van der Waals surface area contributed by atoms with Crippen molar-refractivity contribution in [1.82, 2.24) is 4.98 Å². The molecule has 76 valence electrons. The summed E-state index contributed by atoms with van der Waals surface area (Å²) in [6.45, 7) is 0. The number of hydrogen-bond acceptors (Lipinski definition) is 1. The molecule has 1 aromatic heterocycles. The Morgan fingerprint density at radius 2 is 2.27 bits per heavy atom. The number of fused-ring (bicyclic) bond motifs is 1. The molecule has 15 heavy (non-hydrogen) atoms. The van der Waals surface area contributed by atoms with Crippen LogP contribution in [0.5, 0.6) is 0 Å². The number of nitrogens with one attached hydrogen (secondary N) is 1. The summed E-state index contributed by atoms with van der Waals surface area (Å²) in [6, 6.07) is 5.79. The van der Waals surface area contributed by atoms with E-state index in [2.05, 4.69) is 20.9 Å². The molecule has 1 heterocycles. The minimum atomic E-state index is -0.945. The zero-order valence-corrected chi connectivity index (χ0v) is 9.28. The van der Waals surface area contributed by atoms with Gasteiger partial charge in [0.25, 0.3) is 0 Å². The molecule has 0 bridgehead atoms. The van der Waals surface area contributed by atoms with Crippen molar-refractivity contribution in [3.05, 3.63) is 40.5 Å². The van der Waals surface area contributed by atoms with Gasteiger partial charge in [0.1, 0.15) is 0 Å². The van der Waals surface area contributed by atoms with Crippen LogP contribution in [0.25, 0.3) is 17.0 Å². The Hall–Kier alpha value is -1.55. The SMILES string of the molecule is O=C(O)/C=C/c1c[nH]c2c(Br)cccc12. The van der Waals surface area contributed by atoms with Crippen molar-refractivity contribution < 1.29 is 9.90 Å². The van der Waals surface area contributed by atoms with Gasteiger partial charge in [-0.2, -0.15) is 0 Å². The van der Waals surface area contributed by atoms with Gasteiger partial charge >= 0.3 is 5.97 Å². The highest BCUT2D eigenvalue weighted by Crippen LogP contribution is 2.26. The molecule has 0 saturated heterocycles. The predicted molar refractivity (Wildman–Crippen MR) is 62.7 cm³/mol. The molecule has 2 aromatic rings. The largest absolute Gasteiger partial charge is 0.478 e. The Kier molecular flexibility index (Phi) is 2.60. The summed E-state index contributed by atoms with van der Waals surface area (Å²) >= 11 is 3.42. The average molecular weight is 266 g/mol. The standard InChI is InChI=1S/C11H8BrNO2/c12-9-3-1-2-8-7(4-5-10(14)15)6-13-11(8)9/h1-6,13H,(H,14,15)/b5-4+. The number of aromatic amines is 1. The molecular formula is C11H8BrNO2. The predicted octanol–water partition coefficient (Wildman–Crippen LogP) is 3.03. The van der Waals surface area contributed by atoms with E-state index in [1.165, 1.54) is 0 Å². The monoisotopic (exact) mass is 265 g/mol. The fraction of sp³-hybridized carbons (Fsp3) is 0. The number of rotatable bonds is 2. The lowest BCUT2D eigenvalue weighted by molar-refractivity contribution is -0.131. The molecule has 0 unspecified atom stereocenters. The summed E-state index contributed by atoms with van der Waals surface area (Å²) in [7, 11) is 0. The smallest absolute Gasteiger partial charge is 0.328 e. The number of carbonyl (C=O) groups is 1. The van der Waals surface area contributed by atoms with Crippen LogP contribution < -0.4 is 0 Å². The Balaban J connectivity index is 2.54. The molecule has 2 rings (SSSR count). The Morgan fingerprint density at radius 1 is 1.47 bits per heavy atom. The molecule has 4 heteroatoms. The zero-order chi connectivity index (χ0) is 10.8. The first kappa shape index (κ1) is 9.98. The summed E-state index contributed by atoms with van der Waals surface area (Å²) in [5.41, 5.74) is 1.84. The van der Waals surface area contributed by atoms with E-state index in [4.69, 9.17) is 5.11 Å². The fourth-order valence-corrected chi connectivity index (χ4v) is 1.92. The van der Waals surface area contributed by atoms with Gasteiger partial charge in [-0.1, -0.05) is 12.1 Å². The van der Waals surface area contributed by atoms with E-state index < -0.39 is 5.97 Å². The van der Waals surface area contributed by atoms with Gasteiger partial charge in [-0.25, -0.2) is 4.79 Å². The molecule has 0 radical (unpaired) electrons. The van der Waals surface area contributed by atoms with Crippen LogP contribution in [0.4, 0.5) is 0 Å². The summed E-state index contributed by atoms with van der Waals surface area (Å²) in [5.74, 6) is -0.945. The highest BCUT2D eigenvalue weighted by Gasteiger charge is 2.03. The van der Waals surface area contributed by atoms with Crippen LogP contribution in [0.15, 0.2) is 34.9 Å². The Morgan fingerprint density at radius 3 is 3.00 bits per heavy atom. The molecule has 0 fully saturated rings. The highest BCUT2D eigenvalue weighted by atomic mass is 79.9. The lowest BCUT2D eigenvalue weighted by atomic mass is 10.1. The van der Waals surface area contributed by atoms with E-state index in [9.17, 15) is 4.79 Å². The van der Waals surface area contributed by atoms with Gasteiger partial charge in [-0.05, 0) is 28.1 Å². The first-order chi connectivity index (χ1) is 7.18. The molecule has 0 spiro atoms. The number of para-hydroxylation sites is 1. The average Bonchev–Trinajstić information content (AvgIpc) is 2.59. The van der Waals surface area contributed by atoms with Gasteiger partial charge in [-0.15, -0.1) is 0 Å². The van der Waals surface area contributed by atoms with Gasteiger partial charge in [0.05, 0.1) is 5.52 Å². The lowest BCUT2D eigenvalue weighted by Gasteiger charge is -1.93. The Labute approximate surface area is 94.6 Å². The van der Waals surface area contributed by atoms with Crippen LogP contribution in [0, 0.1) is 0 Å². The van der Waals surface area contributed by atoms with Crippen molar-refractivity contribution in [3.8, 4) is 0 Å². The van der Waals surface area contributed by atoms with E-state index in [1.807, 2.05) is 18.2 Å². The van der Waals surface area contributed by atoms with E-state index >= 15 is 0 Å². The molecule has 0 aliphatic heterocycles. The maximum absolute atomic E-state index is 10.4. The number of H-pyrrole nitrogens is 1. The first-order valence-corrected chi connectivity index (χ1v) is 5.14. The molecule has 0 atom stereocenters. The summed E-state index contributed by atoms with van der Waals surface area (Å²) in [5, 5.41) is 9.53. The lowest BCUT2D eigenvalue weighted by Crippen LogP contribution is -1.84. The molecular weight excluding hydrogens is 258 g/mol. The van der Waals surface area contributed by atoms with E-state index in [1.54, 1.807) is 12.3 Å². The van der Waals surface area contributed by atoms with Crippen molar-refractivity contribution in [2.24, 2.45) is 0 Å². The second-order valence-electron chi connectivity index (χ2n) is 3.08. The second-order valence-corrected chi connectivity index (χ2v) is 3.93. The third-order valence-corrected chi connectivity index (χ3v) is 2.76. The van der Waals surface area contributed by atoms with Gasteiger partial charge < -0.3 is 10.1 Å². The third-order valence-electron chi connectivity index (χ3n) is 2.10. The first-order valence-electron chi connectivity index (χ1n) is 4.35. The molecule has 0 aliphatic carbocycles. The van der Waals surface area contributed by atoms with Crippen molar-refractivity contribution >= 4 is 38.9 Å². The topological polar surface area (TPSA) is 53.1 Å². The second kappa shape index (κ2) is 3.90.